The van der Waals surface area contributed by atoms with Gasteiger partial charge in [0, 0.05) is 6.42 Å². The van der Waals surface area contributed by atoms with E-state index >= 15 is 0 Å². The third-order valence-electron chi connectivity index (χ3n) is 2.19. The standard InChI is InChI=1S/C8H9N3O/c1-8(6(4-9)5-10)3-2-7(12)11-8/h6H,2-3H2,1H3,(H,11,12). The van der Waals surface area contributed by atoms with E-state index in [4.69, 9.17) is 10.5 Å². The smallest absolute Gasteiger partial charge is 0.220 e. The number of carbonyl (C=O) groups is 1. The third kappa shape index (κ3) is 1.24. The maximum Gasteiger partial charge on any atom is 0.220 e. The van der Waals surface area contributed by atoms with Crippen LogP contribution in [-0.2, 0) is 4.79 Å². The fourth-order valence-electron chi connectivity index (χ4n) is 1.35. The minimum atomic E-state index is -0.746. The summed E-state index contributed by atoms with van der Waals surface area (Å²) in [5.41, 5.74) is -0.638. The average molecular weight is 163 g/mol. The largest absolute Gasteiger partial charge is 0.349 e. The average Bonchev–Trinajstić information content (AvgIpc) is 2.34. The van der Waals surface area contributed by atoms with Gasteiger partial charge in [-0.3, -0.25) is 4.79 Å². The lowest BCUT2D eigenvalue weighted by atomic mass is 9.86. The molecule has 1 fully saturated rings. The Balaban J connectivity index is 2.81. The van der Waals surface area contributed by atoms with Gasteiger partial charge < -0.3 is 5.32 Å². The number of nitrogens with one attached hydrogen (secondary N) is 1. The Morgan fingerprint density at radius 3 is 2.50 bits per heavy atom. The molecule has 12 heavy (non-hydrogen) atoms. The van der Waals surface area contributed by atoms with Crippen LogP contribution >= 0.6 is 0 Å². The lowest BCUT2D eigenvalue weighted by Gasteiger charge is -2.23. The van der Waals surface area contributed by atoms with Crippen LogP contribution in [0.25, 0.3) is 0 Å². The van der Waals surface area contributed by atoms with E-state index in [1.807, 2.05) is 12.1 Å². The second kappa shape index (κ2) is 2.83. The van der Waals surface area contributed by atoms with Crippen molar-refractivity contribution in [3.05, 3.63) is 0 Å². The molecule has 1 unspecified atom stereocenters. The van der Waals surface area contributed by atoms with Gasteiger partial charge in [0.15, 0.2) is 5.92 Å². The predicted octanol–water partition coefficient (Wildman–Crippen LogP) is 0.318. The first-order chi connectivity index (χ1) is 5.62. The van der Waals surface area contributed by atoms with Crippen molar-refractivity contribution in [3.8, 4) is 12.1 Å². The van der Waals surface area contributed by atoms with E-state index < -0.39 is 11.5 Å². The van der Waals surface area contributed by atoms with Crippen LogP contribution in [-0.4, -0.2) is 11.4 Å². The van der Waals surface area contributed by atoms with Crippen molar-refractivity contribution in [2.45, 2.75) is 25.3 Å². The highest BCUT2D eigenvalue weighted by Gasteiger charge is 2.40. The van der Waals surface area contributed by atoms with Crippen LogP contribution in [0.3, 0.4) is 0 Å². The van der Waals surface area contributed by atoms with Crippen molar-refractivity contribution in [2.24, 2.45) is 5.92 Å². The normalized spacial score (nSPS) is 27.8. The summed E-state index contributed by atoms with van der Waals surface area (Å²) in [7, 11) is 0. The number of nitrogens with zero attached hydrogens (tertiary/aromatic N) is 2. The molecule has 0 aromatic heterocycles. The molecule has 0 spiro atoms. The molecular weight excluding hydrogens is 154 g/mol. The van der Waals surface area contributed by atoms with Gasteiger partial charge in [-0.05, 0) is 13.3 Å². The van der Waals surface area contributed by atoms with Gasteiger partial charge >= 0.3 is 0 Å². The molecule has 1 heterocycles. The Morgan fingerprint density at radius 2 is 2.17 bits per heavy atom. The van der Waals surface area contributed by atoms with E-state index in [-0.39, 0.29) is 5.91 Å². The number of hydrogen-bond donors (Lipinski definition) is 1. The van der Waals surface area contributed by atoms with Gasteiger partial charge in [-0.15, -0.1) is 0 Å². The van der Waals surface area contributed by atoms with Crippen molar-refractivity contribution in [2.75, 3.05) is 0 Å². The Bertz CT molecular complexity index is 272. The third-order valence-corrected chi connectivity index (χ3v) is 2.19. The molecule has 0 radical (unpaired) electrons. The van der Waals surface area contributed by atoms with E-state index in [2.05, 4.69) is 5.32 Å². The van der Waals surface area contributed by atoms with Crippen LogP contribution in [0.4, 0.5) is 0 Å². The minimum Gasteiger partial charge on any atom is -0.349 e. The van der Waals surface area contributed by atoms with Gasteiger partial charge in [-0.1, -0.05) is 0 Å². The van der Waals surface area contributed by atoms with E-state index in [9.17, 15) is 4.79 Å². The molecule has 0 bridgehead atoms. The van der Waals surface area contributed by atoms with Crippen LogP contribution in [0.2, 0.25) is 0 Å². The van der Waals surface area contributed by atoms with Crippen molar-refractivity contribution in [1.82, 2.24) is 5.32 Å². The first-order valence-corrected chi connectivity index (χ1v) is 3.72. The fraction of sp³-hybridized carbons (Fsp3) is 0.625. The molecule has 0 aromatic rings. The molecule has 0 aromatic carbocycles. The zero-order valence-electron chi connectivity index (χ0n) is 6.79. The monoisotopic (exact) mass is 163 g/mol. The molecule has 4 heteroatoms. The molecule has 1 saturated heterocycles. The minimum absolute atomic E-state index is 0.0759. The maximum atomic E-state index is 10.9. The molecule has 1 atom stereocenters. The maximum absolute atomic E-state index is 10.9. The SMILES string of the molecule is CC1(C(C#N)C#N)CCC(=O)N1. The Kier molecular flexibility index (Phi) is 2.01. The zero-order chi connectivity index (χ0) is 9.19. The predicted molar refractivity (Wildman–Crippen MR) is 40.5 cm³/mol. The zero-order valence-corrected chi connectivity index (χ0v) is 6.79. The van der Waals surface area contributed by atoms with Gasteiger partial charge in [0.1, 0.15) is 0 Å². The van der Waals surface area contributed by atoms with Gasteiger partial charge in [0.25, 0.3) is 0 Å². The molecule has 62 valence electrons. The Morgan fingerprint density at radius 1 is 1.58 bits per heavy atom. The van der Waals surface area contributed by atoms with E-state index in [0.29, 0.717) is 12.8 Å². The van der Waals surface area contributed by atoms with E-state index in [0.717, 1.165) is 0 Å². The lowest BCUT2D eigenvalue weighted by Crippen LogP contribution is -2.44. The molecular formula is C8H9N3O. The van der Waals surface area contributed by atoms with Gasteiger partial charge in [0.2, 0.25) is 5.91 Å². The summed E-state index contributed by atoms with van der Waals surface area (Å²) in [5, 5.41) is 19.9. The van der Waals surface area contributed by atoms with Crippen molar-refractivity contribution < 1.29 is 4.79 Å². The molecule has 1 rings (SSSR count). The molecule has 1 amide bonds. The van der Waals surface area contributed by atoms with Crippen molar-refractivity contribution >= 4 is 5.91 Å². The second-order valence-electron chi connectivity index (χ2n) is 3.16. The van der Waals surface area contributed by atoms with Crippen molar-refractivity contribution in [1.29, 1.82) is 10.5 Å². The van der Waals surface area contributed by atoms with Crippen LogP contribution in [0.15, 0.2) is 0 Å². The van der Waals surface area contributed by atoms with Gasteiger partial charge in [0.05, 0.1) is 17.7 Å². The van der Waals surface area contributed by atoms with E-state index in [1.165, 1.54) is 0 Å². The molecule has 1 aliphatic rings. The summed E-state index contributed by atoms with van der Waals surface area (Å²) in [4.78, 5) is 10.9. The number of hydrogen-bond acceptors (Lipinski definition) is 3. The number of nitriles is 2. The first-order valence-electron chi connectivity index (χ1n) is 3.72. The van der Waals surface area contributed by atoms with Crippen molar-refractivity contribution in [3.63, 3.8) is 0 Å². The lowest BCUT2D eigenvalue weighted by molar-refractivity contribution is -0.119. The summed E-state index contributed by atoms with van der Waals surface area (Å²) in [6.07, 6.45) is 0.980. The van der Waals surface area contributed by atoms with Crippen LogP contribution in [0, 0.1) is 28.6 Å². The van der Waals surface area contributed by atoms with Crippen LogP contribution < -0.4 is 5.32 Å². The van der Waals surface area contributed by atoms with Gasteiger partial charge in [-0.25, -0.2) is 0 Å². The molecule has 1 N–H and O–H groups in total. The highest BCUT2D eigenvalue weighted by Crippen LogP contribution is 2.26. The number of amides is 1. The van der Waals surface area contributed by atoms with Gasteiger partial charge in [-0.2, -0.15) is 10.5 Å². The number of carbonyl (C=O) groups excluding carboxylic acids is 1. The fourth-order valence-corrected chi connectivity index (χ4v) is 1.35. The highest BCUT2D eigenvalue weighted by atomic mass is 16.2. The number of rotatable bonds is 1. The first kappa shape index (κ1) is 8.55. The molecule has 0 saturated carbocycles. The summed E-state index contributed by atoms with van der Waals surface area (Å²) < 4.78 is 0. The topological polar surface area (TPSA) is 76.7 Å². The second-order valence-corrected chi connectivity index (χ2v) is 3.16. The Labute approximate surface area is 70.8 Å². The summed E-state index contributed by atoms with van der Waals surface area (Å²) in [5.74, 6) is -0.822. The molecule has 0 aliphatic carbocycles. The summed E-state index contributed by atoms with van der Waals surface area (Å²) in [6.45, 7) is 1.73. The summed E-state index contributed by atoms with van der Waals surface area (Å²) >= 11 is 0. The molecule has 4 nitrogen and oxygen atoms in total. The van der Waals surface area contributed by atoms with E-state index in [1.54, 1.807) is 6.92 Å². The summed E-state index contributed by atoms with van der Waals surface area (Å²) in [6, 6.07) is 3.76. The molecule has 1 aliphatic heterocycles. The quantitative estimate of drug-likeness (QED) is 0.604. The highest BCUT2D eigenvalue weighted by molar-refractivity contribution is 5.79. The Hall–Kier alpha value is -1.55. The van der Waals surface area contributed by atoms with Crippen LogP contribution in [0.1, 0.15) is 19.8 Å². The van der Waals surface area contributed by atoms with Crippen LogP contribution in [0.5, 0.6) is 0 Å².